The van der Waals surface area contributed by atoms with Crippen molar-refractivity contribution in [2.45, 2.75) is 39.1 Å². The summed E-state index contributed by atoms with van der Waals surface area (Å²) in [5.74, 6) is -0.383. The van der Waals surface area contributed by atoms with E-state index in [-0.39, 0.29) is 18.3 Å². The van der Waals surface area contributed by atoms with E-state index in [4.69, 9.17) is 4.84 Å². The predicted octanol–water partition coefficient (Wildman–Crippen LogP) is 1.24. The first-order chi connectivity index (χ1) is 8.95. The van der Waals surface area contributed by atoms with Gasteiger partial charge in [0.2, 0.25) is 0 Å². The van der Waals surface area contributed by atoms with Crippen LogP contribution >= 0.6 is 0 Å². The molecule has 1 saturated heterocycles. The number of hydrogen-bond donors (Lipinski definition) is 1. The number of amides is 1. The number of hydroxylamine groups is 2. The second-order valence-corrected chi connectivity index (χ2v) is 4.89. The number of hydrogen-bond acceptors (Lipinski definition) is 4. The number of carbonyl (C=O) groups excluding carboxylic acids is 2. The van der Waals surface area contributed by atoms with Crippen molar-refractivity contribution in [2.24, 2.45) is 0 Å². The maximum absolute atomic E-state index is 12.0. The lowest BCUT2D eigenvalue weighted by Crippen LogP contribution is -2.55. The zero-order valence-electron chi connectivity index (χ0n) is 11.3. The summed E-state index contributed by atoms with van der Waals surface area (Å²) in [7, 11) is 0. The van der Waals surface area contributed by atoms with Crippen molar-refractivity contribution in [3.05, 3.63) is 35.9 Å². The average molecular weight is 262 g/mol. The van der Waals surface area contributed by atoms with E-state index in [0.29, 0.717) is 0 Å². The largest absolute Gasteiger partial charge is 0.296 e. The van der Waals surface area contributed by atoms with E-state index in [0.717, 1.165) is 10.6 Å². The van der Waals surface area contributed by atoms with Crippen LogP contribution in [0.5, 0.6) is 0 Å². The van der Waals surface area contributed by atoms with E-state index >= 15 is 0 Å². The van der Waals surface area contributed by atoms with Crippen LogP contribution in [0.3, 0.4) is 0 Å². The zero-order valence-corrected chi connectivity index (χ0v) is 11.3. The maximum atomic E-state index is 12.0. The maximum Gasteiger partial charge on any atom is 0.265 e. The van der Waals surface area contributed by atoms with Crippen LogP contribution in [-0.2, 0) is 21.0 Å². The van der Waals surface area contributed by atoms with Gasteiger partial charge in [0.15, 0.2) is 11.4 Å². The quantitative estimate of drug-likeness (QED) is 0.887. The molecule has 1 fully saturated rings. The molecule has 1 aromatic rings. The second kappa shape index (κ2) is 5.11. The zero-order chi connectivity index (χ0) is 14.0. The van der Waals surface area contributed by atoms with E-state index in [1.807, 2.05) is 30.3 Å². The molecule has 5 heteroatoms. The minimum absolute atomic E-state index is 0.154. The van der Waals surface area contributed by atoms with Gasteiger partial charge in [-0.15, -0.1) is 0 Å². The summed E-state index contributed by atoms with van der Waals surface area (Å²) in [6, 6.07) is 9.09. The molecule has 0 aliphatic carbocycles. The Morgan fingerprint density at radius 2 is 2.05 bits per heavy atom. The molecular formula is C14H18N2O3. The molecule has 1 heterocycles. The normalized spacial score (nSPS) is 26.8. The molecule has 2 rings (SSSR count). The Morgan fingerprint density at radius 1 is 1.42 bits per heavy atom. The van der Waals surface area contributed by atoms with E-state index in [1.165, 1.54) is 6.92 Å². The molecular weight excluding hydrogens is 244 g/mol. The highest BCUT2D eigenvalue weighted by Gasteiger charge is 2.50. The number of benzene rings is 1. The lowest BCUT2D eigenvalue weighted by Gasteiger charge is -2.31. The van der Waals surface area contributed by atoms with Gasteiger partial charge in [0.1, 0.15) is 6.61 Å². The summed E-state index contributed by atoms with van der Waals surface area (Å²) in [5.41, 5.74) is -0.147. The standard InChI is InChI=1S/C14H18N2O3/c1-10-13(18)16(14(3,15-10)11(2)17)19-9-12-7-5-4-6-8-12/h4-8,10,15H,9H2,1-3H3. The SMILES string of the molecule is CC(=O)C1(C)NC(C)C(=O)N1OCc1ccccc1. The Bertz CT molecular complexity index is 489. The minimum atomic E-state index is -1.09. The average Bonchev–Trinajstić information content (AvgIpc) is 2.61. The van der Waals surface area contributed by atoms with Gasteiger partial charge in [-0.2, -0.15) is 5.06 Å². The number of rotatable bonds is 4. The Kier molecular flexibility index (Phi) is 3.68. The summed E-state index contributed by atoms with van der Waals surface area (Å²) in [6.45, 7) is 5.07. The molecule has 2 atom stereocenters. The fraction of sp³-hybridized carbons (Fsp3) is 0.429. The molecule has 5 nitrogen and oxygen atoms in total. The first kappa shape index (κ1) is 13.7. The first-order valence-electron chi connectivity index (χ1n) is 6.25. The summed E-state index contributed by atoms with van der Waals surface area (Å²) < 4.78 is 0. The fourth-order valence-electron chi connectivity index (χ4n) is 2.09. The van der Waals surface area contributed by atoms with Crippen molar-refractivity contribution >= 4 is 11.7 Å². The Hall–Kier alpha value is -1.72. The Labute approximate surface area is 112 Å². The third-order valence-electron chi connectivity index (χ3n) is 3.36. The van der Waals surface area contributed by atoms with Crippen LogP contribution in [0.2, 0.25) is 0 Å². The van der Waals surface area contributed by atoms with E-state index in [9.17, 15) is 9.59 Å². The first-order valence-corrected chi connectivity index (χ1v) is 6.25. The fourth-order valence-corrected chi connectivity index (χ4v) is 2.09. The molecule has 1 N–H and O–H groups in total. The van der Waals surface area contributed by atoms with Gasteiger partial charge in [-0.05, 0) is 26.3 Å². The summed E-state index contributed by atoms with van der Waals surface area (Å²) in [6.07, 6.45) is 0. The topological polar surface area (TPSA) is 58.6 Å². The van der Waals surface area contributed by atoms with Crippen LogP contribution in [0.1, 0.15) is 26.3 Å². The summed E-state index contributed by atoms with van der Waals surface area (Å²) in [5, 5.41) is 4.13. The molecule has 2 unspecified atom stereocenters. The highest BCUT2D eigenvalue weighted by Crippen LogP contribution is 2.23. The molecule has 1 aliphatic rings. The summed E-state index contributed by atoms with van der Waals surface area (Å²) in [4.78, 5) is 29.3. The third kappa shape index (κ3) is 2.52. The molecule has 1 aliphatic heterocycles. The van der Waals surface area contributed by atoms with Crippen LogP contribution in [0.15, 0.2) is 30.3 Å². The Balaban J connectivity index is 2.13. The third-order valence-corrected chi connectivity index (χ3v) is 3.36. The molecule has 0 spiro atoms. The van der Waals surface area contributed by atoms with Gasteiger partial charge in [0.25, 0.3) is 5.91 Å². The van der Waals surface area contributed by atoms with Crippen molar-refractivity contribution in [2.75, 3.05) is 0 Å². The number of carbonyl (C=O) groups is 2. The molecule has 19 heavy (non-hydrogen) atoms. The molecule has 0 bridgehead atoms. The molecule has 1 amide bonds. The van der Waals surface area contributed by atoms with Gasteiger partial charge in [0.05, 0.1) is 6.04 Å². The van der Waals surface area contributed by atoms with Crippen LogP contribution in [0.25, 0.3) is 0 Å². The van der Waals surface area contributed by atoms with Crippen LogP contribution in [0.4, 0.5) is 0 Å². The number of Topliss-reactive ketones (excluding diaryl/α,β-unsaturated/α-hetero) is 1. The van der Waals surface area contributed by atoms with Crippen LogP contribution in [0, 0.1) is 0 Å². The van der Waals surface area contributed by atoms with Gasteiger partial charge in [-0.3, -0.25) is 19.7 Å². The molecule has 0 saturated carbocycles. The van der Waals surface area contributed by atoms with Gasteiger partial charge in [0, 0.05) is 0 Å². The number of ketones is 1. The molecule has 0 aromatic heterocycles. The molecule has 0 radical (unpaired) electrons. The smallest absolute Gasteiger partial charge is 0.265 e. The highest BCUT2D eigenvalue weighted by atomic mass is 16.7. The minimum Gasteiger partial charge on any atom is -0.296 e. The van der Waals surface area contributed by atoms with E-state index in [1.54, 1.807) is 13.8 Å². The van der Waals surface area contributed by atoms with Crippen molar-refractivity contribution in [1.82, 2.24) is 10.4 Å². The second-order valence-electron chi connectivity index (χ2n) is 4.89. The lowest BCUT2D eigenvalue weighted by atomic mass is 10.1. The van der Waals surface area contributed by atoms with Gasteiger partial charge in [-0.1, -0.05) is 30.3 Å². The molecule has 1 aromatic carbocycles. The molecule has 102 valence electrons. The van der Waals surface area contributed by atoms with Crippen LogP contribution < -0.4 is 5.32 Å². The predicted molar refractivity (Wildman–Crippen MR) is 69.8 cm³/mol. The Morgan fingerprint density at radius 3 is 2.63 bits per heavy atom. The lowest BCUT2D eigenvalue weighted by molar-refractivity contribution is -0.214. The summed E-state index contributed by atoms with van der Waals surface area (Å²) >= 11 is 0. The van der Waals surface area contributed by atoms with Gasteiger partial charge >= 0.3 is 0 Å². The van der Waals surface area contributed by atoms with Crippen molar-refractivity contribution in [1.29, 1.82) is 0 Å². The van der Waals surface area contributed by atoms with Gasteiger partial charge < -0.3 is 0 Å². The monoisotopic (exact) mass is 262 g/mol. The number of nitrogens with zero attached hydrogens (tertiary/aromatic N) is 1. The van der Waals surface area contributed by atoms with Gasteiger partial charge in [-0.25, -0.2) is 0 Å². The number of nitrogens with one attached hydrogen (secondary N) is 1. The van der Waals surface area contributed by atoms with E-state index in [2.05, 4.69) is 5.32 Å². The van der Waals surface area contributed by atoms with E-state index < -0.39 is 11.7 Å². The highest BCUT2D eigenvalue weighted by molar-refractivity contribution is 5.95. The van der Waals surface area contributed by atoms with Crippen molar-refractivity contribution < 1.29 is 14.4 Å². The van der Waals surface area contributed by atoms with Crippen LogP contribution in [-0.4, -0.2) is 28.5 Å². The van der Waals surface area contributed by atoms with Crippen molar-refractivity contribution in [3.63, 3.8) is 0 Å². The van der Waals surface area contributed by atoms with Crippen molar-refractivity contribution in [3.8, 4) is 0 Å².